The Balaban J connectivity index is 1.91. The lowest BCUT2D eigenvalue weighted by Crippen LogP contribution is -1.82. The van der Waals surface area contributed by atoms with Gasteiger partial charge in [-0.15, -0.1) is 5.11 Å². The van der Waals surface area contributed by atoms with Crippen LogP contribution in [0.4, 0.5) is 17.1 Å². The van der Waals surface area contributed by atoms with Crippen LogP contribution in [0.2, 0.25) is 0 Å². The molecule has 0 aliphatic carbocycles. The van der Waals surface area contributed by atoms with E-state index in [-0.39, 0.29) is 0 Å². The number of aliphatic imine (C=N–C) groups is 1. The largest absolute Gasteiger partial charge is 0.497 e. The molecule has 0 aromatic heterocycles. The second-order valence-electron chi connectivity index (χ2n) is 5.06. The minimum Gasteiger partial charge on any atom is -0.497 e. The Kier molecular flexibility index (Phi) is 5.10. The lowest BCUT2D eigenvalue weighted by Gasteiger charge is -2.03. The van der Waals surface area contributed by atoms with Crippen molar-refractivity contribution in [2.75, 3.05) is 7.11 Å². The maximum Gasteiger partial charge on any atom is 0.121 e. The molecule has 24 heavy (non-hydrogen) atoms. The highest BCUT2D eigenvalue weighted by Crippen LogP contribution is 2.33. The molecular weight excluding hydrogens is 298 g/mol. The fourth-order valence-corrected chi connectivity index (χ4v) is 2.11. The van der Waals surface area contributed by atoms with E-state index in [1.165, 1.54) is 0 Å². The van der Waals surface area contributed by atoms with Crippen molar-refractivity contribution in [3.63, 3.8) is 0 Å². The highest BCUT2D eigenvalue weighted by atomic mass is 16.5. The minimum atomic E-state index is 0.687. The van der Waals surface area contributed by atoms with Crippen LogP contribution < -0.4 is 4.74 Å². The van der Waals surface area contributed by atoms with Crippen molar-refractivity contribution < 1.29 is 4.74 Å². The van der Waals surface area contributed by atoms with E-state index < -0.39 is 0 Å². The smallest absolute Gasteiger partial charge is 0.121 e. The molecule has 0 bridgehead atoms. The first kappa shape index (κ1) is 15.6. The number of azo groups is 1. The van der Waals surface area contributed by atoms with Crippen molar-refractivity contribution in [2.24, 2.45) is 15.2 Å². The van der Waals surface area contributed by atoms with Crippen LogP contribution in [0.5, 0.6) is 5.75 Å². The average Bonchev–Trinajstić information content (AvgIpc) is 2.66. The predicted molar refractivity (Wildman–Crippen MR) is 97.3 cm³/mol. The third-order valence-corrected chi connectivity index (χ3v) is 3.36. The van der Waals surface area contributed by atoms with Gasteiger partial charge in [0.25, 0.3) is 0 Å². The summed E-state index contributed by atoms with van der Waals surface area (Å²) in [6.07, 6.45) is 1.80. The summed E-state index contributed by atoms with van der Waals surface area (Å²) in [5, 5.41) is 8.58. The molecule has 3 aromatic carbocycles. The highest BCUT2D eigenvalue weighted by Gasteiger charge is 2.03. The van der Waals surface area contributed by atoms with E-state index in [0.29, 0.717) is 11.4 Å². The first-order chi connectivity index (χ1) is 11.8. The van der Waals surface area contributed by atoms with Crippen molar-refractivity contribution >= 4 is 23.3 Å². The van der Waals surface area contributed by atoms with E-state index in [1.807, 2.05) is 78.9 Å². The fraction of sp³-hybridized carbons (Fsp3) is 0.0500. The molecule has 0 aliphatic rings. The molecule has 3 aromatic rings. The standard InChI is InChI=1S/C20H17N3O/c1-24-18-12-13-19(23-22-17-10-6-3-7-11-17)20(14-18)21-15-16-8-4-2-5-9-16/h2-15H,1H3. The molecule has 0 saturated carbocycles. The molecule has 0 heterocycles. The molecule has 0 aliphatic heterocycles. The number of ether oxygens (including phenoxy) is 1. The first-order valence-corrected chi connectivity index (χ1v) is 7.59. The van der Waals surface area contributed by atoms with E-state index in [9.17, 15) is 0 Å². The van der Waals surface area contributed by atoms with Gasteiger partial charge in [0.15, 0.2) is 0 Å². The monoisotopic (exact) mass is 315 g/mol. The Morgan fingerprint density at radius 1 is 0.750 bits per heavy atom. The zero-order chi connectivity index (χ0) is 16.6. The molecule has 0 unspecified atom stereocenters. The Labute approximate surface area is 141 Å². The highest BCUT2D eigenvalue weighted by molar-refractivity contribution is 5.83. The van der Waals surface area contributed by atoms with Gasteiger partial charge in [0.2, 0.25) is 0 Å². The van der Waals surface area contributed by atoms with Crippen LogP contribution in [-0.2, 0) is 0 Å². The maximum atomic E-state index is 5.28. The number of hydrogen-bond acceptors (Lipinski definition) is 4. The van der Waals surface area contributed by atoms with Crippen LogP contribution in [0.3, 0.4) is 0 Å². The number of rotatable bonds is 5. The van der Waals surface area contributed by atoms with Crippen molar-refractivity contribution in [3.8, 4) is 5.75 Å². The fourth-order valence-electron chi connectivity index (χ4n) is 2.11. The molecule has 0 atom stereocenters. The van der Waals surface area contributed by atoms with Gasteiger partial charge in [-0.1, -0.05) is 48.5 Å². The summed E-state index contributed by atoms with van der Waals surface area (Å²) in [5.41, 5.74) is 3.21. The van der Waals surface area contributed by atoms with Gasteiger partial charge in [-0.3, -0.25) is 4.99 Å². The number of hydrogen-bond donors (Lipinski definition) is 0. The second kappa shape index (κ2) is 7.83. The van der Waals surface area contributed by atoms with Crippen LogP contribution >= 0.6 is 0 Å². The van der Waals surface area contributed by atoms with E-state index in [0.717, 1.165) is 17.0 Å². The Hall–Kier alpha value is -3.27. The summed E-state index contributed by atoms with van der Waals surface area (Å²) >= 11 is 0. The van der Waals surface area contributed by atoms with Gasteiger partial charge >= 0.3 is 0 Å². The van der Waals surface area contributed by atoms with Gasteiger partial charge in [0, 0.05) is 12.3 Å². The molecule has 3 rings (SSSR count). The molecule has 118 valence electrons. The van der Waals surface area contributed by atoms with Crippen LogP contribution in [0.15, 0.2) is 94.1 Å². The van der Waals surface area contributed by atoms with Gasteiger partial charge in [-0.25, -0.2) is 0 Å². The van der Waals surface area contributed by atoms with Gasteiger partial charge in [-0.05, 0) is 29.8 Å². The van der Waals surface area contributed by atoms with E-state index in [4.69, 9.17) is 4.74 Å². The number of methoxy groups -OCH3 is 1. The average molecular weight is 315 g/mol. The molecule has 4 heteroatoms. The quantitative estimate of drug-likeness (QED) is 0.429. The van der Waals surface area contributed by atoms with Gasteiger partial charge < -0.3 is 4.74 Å². The summed E-state index contributed by atoms with van der Waals surface area (Å²) in [5.74, 6) is 0.730. The SMILES string of the molecule is COc1ccc(N=Nc2ccccc2)c(N=Cc2ccccc2)c1. The lowest BCUT2D eigenvalue weighted by atomic mass is 10.2. The number of benzene rings is 3. The lowest BCUT2D eigenvalue weighted by molar-refractivity contribution is 0.415. The predicted octanol–water partition coefficient (Wildman–Crippen LogP) is 5.86. The molecule has 0 spiro atoms. The van der Waals surface area contributed by atoms with Crippen molar-refractivity contribution in [3.05, 3.63) is 84.4 Å². The zero-order valence-electron chi connectivity index (χ0n) is 13.3. The molecule has 0 fully saturated rings. The van der Waals surface area contributed by atoms with E-state index >= 15 is 0 Å². The summed E-state index contributed by atoms with van der Waals surface area (Å²) in [6, 6.07) is 25.1. The molecule has 0 saturated heterocycles. The van der Waals surface area contributed by atoms with E-state index in [1.54, 1.807) is 13.3 Å². The topological polar surface area (TPSA) is 46.3 Å². The summed E-state index contributed by atoms with van der Waals surface area (Å²) < 4.78 is 5.28. The normalized spacial score (nSPS) is 11.2. The second-order valence-corrected chi connectivity index (χ2v) is 5.06. The molecule has 4 nitrogen and oxygen atoms in total. The Bertz CT molecular complexity index is 843. The molecule has 0 amide bonds. The Morgan fingerprint density at radius 2 is 1.46 bits per heavy atom. The van der Waals surface area contributed by atoms with Crippen LogP contribution in [0.25, 0.3) is 0 Å². The van der Waals surface area contributed by atoms with Crippen LogP contribution in [0, 0.1) is 0 Å². The summed E-state index contributed by atoms with van der Waals surface area (Å²) in [6.45, 7) is 0. The molecular formula is C20H17N3O. The third kappa shape index (κ3) is 4.14. The van der Waals surface area contributed by atoms with Crippen molar-refractivity contribution in [2.45, 2.75) is 0 Å². The van der Waals surface area contributed by atoms with Crippen LogP contribution in [0.1, 0.15) is 5.56 Å². The maximum absolute atomic E-state index is 5.28. The number of nitrogens with zero attached hydrogens (tertiary/aromatic N) is 3. The summed E-state index contributed by atoms with van der Waals surface area (Å²) in [7, 11) is 1.63. The zero-order valence-corrected chi connectivity index (χ0v) is 13.3. The minimum absolute atomic E-state index is 0.687. The van der Waals surface area contributed by atoms with E-state index in [2.05, 4.69) is 15.2 Å². The third-order valence-electron chi connectivity index (χ3n) is 3.36. The van der Waals surface area contributed by atoms with Gasteiger partial charge in [-0.2, -0.15) is 5.11 Å². The van der Waals surface area contributed by atoms with Crippen molar-refractivity contribution in [1.29, 1.82) is 0 Å². The first-order valence-electron chi connectivity index (χ1n) is 7.59. The van der Waals surface area contributed by atoms with Crippen LogP contribution in [-0.4, -0.2) is 13.3 Å². The van der Waals surface area contributed by atoms with Gasteiger partial charge in [0.05, 0.1) is 18.5 Å². The summed E-state index contributed by atoms with van der Waals surface area (Å²) in [4.78, 5) is 4.54. The van der Waals surface area contributed by atoms with Gasteiger partial charge in [0.1, 0.15) is 11.4 Å². The van der Waals surface area contributed by atoms with Crippen molar-refractivity contribution in [1.82, 2.24) is 0 Å². The molecule has 0 N–H and O–H groups in total. The Morgan fingerprint density at radius 3 is 2.17 bits per heavy atom. The molecule has 0 radical (unpaired) electrons.